The molecule has 2 aromatic rings. The molecule has 0 amide bonds. The van der Waals surface area contributed by atoms with E-state index in [1.807, 2.05) is 0 Å². The molecule has 0 N–H and O–H groups in total. The molecule has 98 valence electrons. The van der Waals surface area contributed by atoms with Gasteiger partial charge in [-0.2, -0.15) is 0 Å². The van der Waals surface area contributed by atoms with E-state index >= 15 is 0 Å². The monoisotopic (exact) mass is 278 g/mol. The number of Topliss-reactive ketones (excluding diaryl/α,β-unsaturated/α-hetero) is 1. The Hall–Kier alpha value is -2.01. The molecule has 0 aliphatic heterocycles. The number of benzene rings is 1. The van der Waals surface area contributed by atoms with Crippen LogP contribution < -0.4 is 0 Å². The van der Waals surface area contributed by atoms with E-state index in [-0.39, 0.29) is 23.9 Å². The maximum absolute atomic E-state index is 11.9. The van der Waals surface area contributed by atoms with Crippen LogP contribution in [-0.2, 0) is 9.53 Å². The highest BCUT2D eigenvalue weighted by atomic mass is 35.5. The van der Waals surface area contributed by atoms with Crippen LogP contribution >= 0.6 is 11.6 Å². The molecule has 0 fully saturated rings. The zero-order valence-corrected chi connectivity index (χ0v) is 11.0. The van der Waals surface area contributed by atoms with Gasteiger partial charge in [0.2, 0.25) is 0 Å². The minimum absolute atomic E-state index is 0.00609. The summed E-state index contributed by atoms with van der Waals surface area (Å²) in [6, 6.07) is 7.05. The van der Waals surface area contributed by atoms with Gasteiger partial charge >= 0.3 is 5.97 Å². The van der Waals surface area contributed by atoms with E-state index in [1.54, 1.807) is 31.2 Å². The Bertz CT molecular complexity index is 643. The van der Waals surface area contributed by atoms with Crippen molar-refractivity contribution in [2.75, 3.05) is 6.61 Å². The highest BCUT2D eigenvalue weighted by molar-refractivity contribution is 6.33. The summed E-state index contributed by atoms with van der Waals surface area (Å²) in [5.41, 5.74) is 1.15. The van der Waals surface area contributed by atoms with Crippen molar-refractivity contribution in [2.24, 2.45) is 0 Å². The highest BCUT2D eigenvalue weighted by Gasteiger charge is 2.18. The number of ketones is 1. The third-order valence-electron chi connectivity index (χ3n) is 2.40. The number of para-hydroxylation sites is 2. The van der Waals surface area contributed by atoms with Crippen molar-refractivity contribution >= 4 is 34.4 Å². The standard InChI is InChI=1S/C13H11ClN2O3/c1-2-19-11(18)7-10(17)12-13(14)16-9-6-4-3-5-8(9)15-12/h3-6H,2,7H2,1H3. The van der Waals surface area contributed by atoms with Gasteiger partial charge in [0, 0.05) is 0 Å². The SMILES string of the molecule is CCOC(=O)CC(=O)c1nc2ccccc2nc1Cl. The fourth-order valence-corrected chi connectivity index (χ4v) is 1.82. The number of ether oxygens (including phenoxy) is 1. The number of carbonyl (C=O) groups is 2. The lowest BCUT2D eigenvalue weighted by Gasteiger charge is -2.04. The molecular weight excluding hydrogens is 268 g/mol. The fraction of sp³-hybridized carbons (Fsp3) is 0.231. The molecule has 1 aromatic carbocycles. The van der Waals surface area contributed by atoms with Gasteiger partial charge in [0.15, 0.2) is 10.9 Å². The number of fused-ring (bicyclic) bond motifs is 1. The summed E-state index contributed by atoms with van der Waals surface area (Å²) in [6.45, 7) is 1.90. The molecule has 0 atom stereocenters. The number of carbonyl (C=O) groups excluding carboxylic acids is 2. The number of hydrogen-bond donors (Lipinski definition) is 0. The van der Waals surface area contributed by atoms with E-state index in [4.69, 9.17) is 16.3 Å². The first-order valence-electron chi connectivity index (χ1n) is 5.73. The Kier molecular flexibility index (Phi) is 4.06. The second kappa shape index (κ2) is 5.75. The summed E-state index contributed by atoms with van der Waals surface area (Å²) in [6.07, 6.45) is -0.388. The van der Waals surface area contributed by atoms with Crippen molar-refractivity contribution in [3.05, 3.63) is 35.1 Å². The fourth-order valence-electron chi connectivity index (χ4n) is 1.58. The summed E-state index contributed by atoms with van der Waals surface area (Å²) in [5.74, 6) is -1.10. The van der Waals surface area contributed by atoms with Crippen LogP contribution in [0, 0.1) is 0 Å². The second-order valence-corrected chi connectivity index (χ2v) is 4.11. The van der Waals surface area contributed by atoms with Gasteiger partial charge in [0.25, 0.3) is 0 Å². The molecule has 0 aliphatic carbocycles. The quantitative estimate of drug-likeness (QED) is 0.488. The molecule has 0 unspecified atom stereocenters. The van der Waals surface area contributed by atoms with Crippen LogP contribution in [0.15, 0.2) is 24.3 Å². The third-order valence-corrected chi connectivity index (χ3v) is 2.67. The van der Waals surface area contributed by atoms with E-state index in [1.165, 1.54) is 0 Å². The lowest BCUT2D eigenvalue weighted by atomic mass is 10.2. The molecule has 5 nitrogen and oxygen atoms in total. The molecule has 19 heavy (non-hydrogen) atoms. The maximum Gasteiger partial charge on any atom is 0.313 e. The van der Waals surface area contributed by atoms with E-state index < -0.39 is 11.8 Å². The van der Waals surface area contributed by atoms with Gasteiger partial charge < -0.3 is 4.74 Å². The van der Waals surface area contributed by atoms with Crippen molar-refractivity contribution in [1.29, 1.82) is 0 Å². The first-order valence-corrected chi connectivity index (χ1v) is 6.10. The molecule has 0 radical (unpaired) electrons. The van der Waals surface area contributed by atoms with Gasteiger partial charge in [0.1, 0.15) is 12.1 Å². The Morgan fingerprint density at radius 3 is 2.47 bits per heavy atom. The average Bonchev–Trinajstić information content (AvgIpc) is 2.38. The lowest BCUT2D eigenvalue weighted by Crippen LogP contribution is -2.13. The van der Waals surface area contributed by atoms with E-state index in [0.717, 1.165) is 0 Å². The smallest absolute Gasteiger partial charge is 0.313 e. The van der Waals surface area contributed by atoms with Gasteiger partial charge in [-0.25, -0.2) is 9.97 Å². The Labute approximate surface area is 114 Å². The van der Waals surface area contributed by atoms with Crippen LogP contribution in [0.3, 0.4) is 0 Å². The summed E-state index contributed by atoms with van der Waals surface area (Å²) in [7, 11) is 0. The van der Waals surface area contributed by atoms with Crippen molar-refractivity contribution in [3.8, 4) is 0 Å². The molecule has 2 rings (SSSR count). The van der Waals surface area contributed by atoms with E-state index in [9.17, 15) is 9.59 Å². The molecule has 1 heterocycles. The topological polar surface area (TPSA) is 69.2 Å². The van der Waals surface area contributed by atoms with Crippen LogP contribution in [0.4, 0.5) is 0 Å². The number of halogens is 1. The average molecular weight is 279 g/mol. The molecule has 0 saturated heterocycles. The van der Waals surface area contributed by atoms with Crippen molar-refractivity contribution in [2.45, 2.75) is 13.3 Å². The summed E-state index contributed by atoms with van der Waals surface area (Å²) in [4.78, 5) is 31.4. The molecular formula is C13H11ClN2O3. The third kappa shape index (κ3) is 3.06. The van der Waals surface area contributed by atoms with Gasteiger partial charge in [0.05, 0.1) is 17.6 Å². The van der Waals surface area contributed by atoms with Crippen LogP contribution in [0.25, 0.3) is 11.0 Å². The number of aromatic nitrogens is 2. The van der Waals surface area contributed by atoms with Crippen LogP contribution in [-0.4, -0.2) is 28.3 Å². The number of nitrogens with zero attached hydrogens (tertiary/aromatic N) is 2. The first-order chi connectivity index (χ1) is 9.11. The number of hydrogen-bond acceptors (Lipinski definition) is 5. The zero-order valence-electron chi connectivity index (χ0n) is 10.2. The lowest BCUT2D eigenvalue weighted by molar-refractivity contribution is -0.141. The Balaban J connectivity index is 2.31. The van der Waals surface area contributed by atoms with Crippen LogP contribution in [0.2, 0.25) is 5.15 Å². The predicted molar refractivity (Wildman–Crippen MR) is 70.1 cm³/mol. The minimum atomic E-state index is -0.599. The van der Waals surface area contributed by atoms with Crippen molar-refractivity contribution in [3.63, 3.8) is 0 Å². The summed E-state index contributed by atoms with van der Waals surface area (Å²) >= 11 is 5.91. The van der Waals surface area contributed by atoms with Gasteiger partial charge in [-0.15, -0.1) is 0 Å². The molecule has 6 heteroatoms. The number of rotatable bonds is 4. The normalized spacial score (nSPS) is 10.4. The highest BCUT2D eigenvalue weighted by Crippen LogP contribution is 2.18. The summed E-state index contributed by atoms with van der Waals surface area (Å²) < 4.78 is 4.71. The predicted octanol–water partition coefficient (Wildman–Crippen LogP) is 2.42. The van der Waals surface area contributed by atoms with E-state index in [2.05, 4.69) is 9.97 Å². The van der Waals surface area contributed by atoms with Crippen molar-refractivity contribution in [1.82, 2.24) is 9.97 Å². The maximum atomic E-state index is 11.9. The van der Waals surface area contributed by atoms with Crippen LogP contribution in [0.5, 0.6) is 0 Å². The largest absolute Gasteiger partial charge is 0.466 e. The molecule has 0 saturated carbocycles. The van der Waals surface area contributed by atoms with Crippen molar-refractivity contribution < 1.29 is 14.3 Å². The Morgan fingerprint density at radius 1 is 1.21 bits per heavy atom. The van der Waals surface area contributed by atoms with Gasteiger partial charge in [-0.05, 0) is 19.1 Å². The molecule has 0 bridgehead atoms. The van der Waals surface area contributed by atoms with Crippen LogP contribution in [0.1, 0.15) is 23.8 Å². The van der Waals surface area contributed by atoms with E-state index in [0.29, 0.717) is 11.0 Å². The summed E-state index contributed by atoms with van der Waals surface area (Å²) in [5, 5.41) is -0.00648. The first kappa shape index (κ1) is 13.4. The van der Waals surface area contributed by atoms with Gasteiger partial charge in [-0.3, -0.25) is 9.59 Å². The number of esters is 1. The molecule has 0 spiro atoms. The molecule has 1 aromatic heterocycles. The van der Waals surface area contributed by atoms with Gasteiger partial charge in [-0.1, -0.05) is 23.7 Å². The Morgan fingerprint density at radius 2 is 1.84 bits per heavy atom. The second-order valence-electron chi connectivity index (χ2n) is 3.76. The zero-order chi connectivity index (χ0) is 13.8. The minimum Gasteiger partial charge on any atom is -0.466 e. The molecule has 0 aliphatic rings.